The van der Waals surface area contributed by atoms with Crippen LogP contribution in [0.1, 0.15) is 169 Å². The fourth-order valence-corrected chi connectivity index (χ4v) is 6.63. The lowest BCUT2D eigenvalue weighted by molar-refractivity contribution is -0.903. The van der Waals surface area contributed by atoms with Crippen LogP contribution in [0.25, 0.3) is 0 Å². The minimum atomic E-state index is -4.14. The first kappa shape index (κ1) is 44.3. The van der Waals surface area contributed by atoms with Crippen LogP contribution in [0.15, 0.2) is 30.3 Å². The van der Waals surface area contributed by atoms with Gasteiger partial charge < -0.3 is 18.4 Å². The summed E-state index contributed by atoms with van der Waals surface area (Å²) in [7, 11) is 0.592. The number of quaternary nitrogens is 1. The van der Waals surface area contributed by atoms with Crippen molar-refractivity contribution in [1.82, 2.24) is 0 Å². The summed E-state index contributed by atoms with van der Waals surface area (Å²) in [5.41, 5.74) is 1.46. The molecular formula is C39H76NO4P. The predicted molar refractivity (Wildman–Crippen MR) is 194 cm³/mol. The molecule has 0 N–H and O–H groups in total. The number of hydrogen-bond donors (Lipinski definition) is 0. The van der Waals surface area contributed by atoms with Crippen LogP contribution in [0.4, 0.5) is 0 Å². The molecule has 1 aromatic rings. The summed E-state index contributed by atoms with van der Waals surface area (Å²) in [6, 6.07) is 10.9. The molecule has 0 aliphatic carbocycles. The first-order valence-electron chi connectivity index (χ1n) is 19.1. The lowest BCUT2D eigenvalue weighted by atomic mass is 10.0. The predicted octanol–water partition coefficient (Wildman–Crippen LogP) is 11.9. The molecule has 0 amide bonds. The minimum Gasteiger partial charge on any atom is -0.756 e. The van der Waals surface area contributed by atoms with Gasteiger partial charge in [0.15, 0.2) is 0 Å². The Labute approximate surface area is 281 Å². The van der Waals surface area contributed by atoms with Gasteiger partial charge in [-0.25, -0.2) is 0 Å². The molecule has 2 atom stereocenters. The van der Waals surface area contributed by atoms with E-state index in [1.807, 2.05) is 0 Å². The Morgan fingerprint density at radius 1 is 0.622 bits per heavy atom. The third-order valence-corrected chi connectivity index (χ3v) is 10.0. The highest BCUT2D eigenvalue weighted by Crippen LogP contribution is 2.40. The summed E-state index contributed by atoms with van der Waals surface area (Å²) in [6.45, 7) is 13.7. The highest BCUT2D eigenvalue weighted by Gasteiger charge is 2.17. The molecular weight excluding hydrogens is 577 g/mol. The largest absolute Gasteiger partial charge is 0.756 e. The molecule has 1 aromatic carbocycles. The fourth-order valence-electron chi connectivity index (χ4n) is 5.76. The Balaban J connectivity index is 0.000000870. The molecule has 0 saturated carbocycles. The Morgan fingerprint density at radius 2 is 1.02 bits per heavy atom. The molecule has 0 radical (unpaired) electrons. The smallest absolute Gasteiger partial charge is 0.267 e. The van der Waals surface area contributed by atoms with E-state index >= 15 is 0 Å². The number of unbranched alkanes of at least 4 members (excludes halogenated alkanes) is 13. The van der Waals surface area contributed by atoms with Gasteiger partial charge in [-0.05, 0) is 37.5 Å². The topological polar surface area (TPSA) is 58.6 Å². The van der Waals surface area contributed by atoms with E-state index in [1.54, 1.807) is 0 Å². The Hall–Kier alpha value is -0.710. The second kappa shape index (κ2) is 29.4. The van der Waals surface area contributed by atoms with Gasteiger partial charge in [0.05, 0.1) is 33.9 Å². The van der Waals surface area contributed by atoms with Gasteiger partial charge in [-0.15, -0.1) is 0 Å². The van der Waals surface area contributed by atoms with E-state index in [0.717, 1.165) is 62.4 Å². The van der Waals surface area contributed by atoms with E-state index in [9.17, 15) is 9.46 Å². The van der Waals surface area contributed by atoms with Crippen LogP contribution >= 0.6 is 7.82 Å². The van der Waals surface area contributed by atoms with E-state index in [4.69, 9.17) is 9.05 Å². The normalized spacial score (nSPS) is 14.4. The summed E-state index contributed by atoms with van der Waals surface area (Å²) in [4.78, 5) is 11.8. The van der Waals surface area contributed by atoms with Gasteiger partial charge in [-0.2, -0.15) is 0 Å². The van der Waals surface area contributed by atoms with Gasteiger partial charge in [0.2, 0.25) is 0 Å². The van der Waals surface area contributed by atoms with E-state index < -0.39 is 7.82 Å². The van der Waals surface area contributed by atoms with Crippen molar-refractivity contribution in [3.8, 4) is 0 Å². The number of hydrogen-bond acceptors (Lipinski definition) is 4. The lowest BCUT2D eigenvalue weighted by Gasteiger charge is -2.30. The summed E-state index contributed by atoms with van der Waals surface area (Å²) in [5.74, 6) is 0.607. The molecule has 6 heteroatoms. The zero-order valence-corrected chi connectivity index (χ0v) is 31.9. The van der Waals surface area contributed by atoms with Crippen molar-refractivity contribution < 1.29 is 23.0 Å². The second-order valence-corrected chi connectivity index (χ2v) is 15.5. The van der Waals surface area contributed by atoms with E-state index in [2.05, 4.69) is 79.0 Å². The maximum atomic E-state index is 11.8. The van der Waals surface area contributed by atoms with Crippen LogP contribution in [0.2, 0.25) is 0 Å². The molecule has 2 unspecified atom stereocenters. The average molecular weight is 654 g/mol. The quantitative estimate of drug-likeness (QED) is 0.0490. The third-order valence-electron chi connectivity index (χ3n) is 9.09. The van der Waals surface area contributed by atoms with Crippen molar-refractivity contribution in [2.24, 2.45) is 11.8 Å². The number of rotatable bonds is 29. The summed E-state index contributed by atoms with van der Waals surface area (Å²) >= 11 is 0. The molecule has 0 fully saturated rings. The number of phosphoric ester groups is 1. The van der Waals surface area contributed by atoms with Gasteiger partial charge in [0, 0.05) is 5.56 Å². The van der Waals surface area contributed by atoms with Gasteiger partial charge in [0.1, 0.15) is 6.54 Å². The van der Waals surface area contributed by atoms with Gasteiger partial charge in [0.25, 0.3) is 7.82 Å². The molecule has 0 heterocycles. The monoisotopic (exact) mass is 654 g/mol. The van der Waals surface area contributed by atoms with Crippen LogP contribution < -0.4 is 4.89 Å². The van der Waals surface area contributed by atoms with Crippen molar-refractivity contribution >= 4 is 7.82 Å². The van der Waals surface area contributed by atoms with Crippen molar-refractivity contribution in [2.45, 2.75) is 170 Å². The van der Waals surface area contributed by atoms with E-state index in [-0.39, 0.29) is 13.2 Å². The fraction of sp³-hybridized carbons (Fsp3) is 0.846. The standard InChI is InChI=1S/C23H42N.C16H35O4P/c1-4-5-6-7-8-9-10-11-12-13-14-18-21-24(2,3)22-23-19-16-15-17-20-23;1-5-9-11-15(7-3)13-19-21(17,18)20-14-16(8-4)12-10-6-2/h15-17,19-20H,4-14,18,21-22H2,1-3H3;15-16H,5-14H2,1-4H3,(H,17,18)/q+1;/p-1. The molecule has 0 bridgehead atoms. The average Bonchev–Trinajstić information content (AvgIpc) is 3.02. The van der Waals surface area contributed by atoms with Crippen molar-refractivity contribution in [3.05, 3.63) is 35.9 Å². The first-order valence-corrected chi connectivity index (χ1v) is 20.5. The number of phosphoric acid groups is 1. The minimum absolute atomic E-state index is 0.253. The summed E-state index contributed by atoms with van der Waals surface area (Å²) < 4.78 is 23.0. The van der Waals surface area contributed by atoms with Crippen LogP contribution in [0, 0.1) is 11.8 Å². The molecule has 5 nitrogen and oxygen atoms in total. The molecule has 0 aliphatic heterocycles. The molecule has 45 heavy (non-hydrogen) atoms. The Bertz CT molecular complexity index is 779. The molecule has 0 aliphatic rings. The maximum absolute atomic E-state index is 11.8. The second-order valence-electron chi connectivity index (χ2n) is 14.1. The van der Waals surface area contributed by atoms with E-state index in [1.165, 1.54) is 89.2 Å². The van der Waals surface area contributed by atoms with Gasteiger partial charge in [-0.1, -0.05) is 168 Å². The molecule has 1 rings (SSSR count). The summed E-state index contributed by atoms with van der Waals surface area (Å²) in [5, 5.41) is 0. The SMILES string of the molecule is CCCCC(CC)COP(=O)([O-])OCC(CC)CCCC.CCCCCCCCCCCCCC[N+](C)(C)Cc1ccccc1. The molecule has 0 aromatic heterocycles. The first-order chi connectivity index (χ1) is 21.6. The number of benzene rings is 1. The van der Waals surface area contributed by atoms with Crippen LogP contribution in [-0.4, -0.2) is 38.3 Å². The molecule has 266 valence electrons. The zero-order chi connectivity index (χ0) is 33.7. The molecule has 0 saturated heterocycles. The van der Waals surface area contributed by atoms with Crippen LogP contribution in [0.3, 0.4) is 0 Å². The maximum Gasteiger partial charge on any atom is 0.267 e. The van der Waals surface area contributed by atoms with Crippen molar-refractivity contribution in [1.29, 1.82) is 0 Å². The van der Waals surface area contributed by atoms with Crippen molar-refractivity contribution in [3.63, 3.8) is 0 Å². The zero-order valence-electron chi connectivity index (χ0n) is 31.0. The Morgan fingerprint density at radius 3 is 1.42 bits per heavy atom. The van der Waals surface area contributed by atoms with E-state index in [0.29, 0.717) is 11.8 Å². The lowest BCUT2D eigenvalue weighted by Crippen LogP contribution is -2.39. The van der Waals surface area contributed by atoms with Crippen molar-refractivity contribution in [2.75, 3.05) is 33.9 Å². The highest BCUT2D eigenvalue weighted by molar-refractivity contribution is 7.45. The van der Waals surface area contributed by atoms with Gasteiger partial charge in [-0.3, -0.25) is 4.57 Å². The van der Waals surface area contributed by atoms with Crippen LogP contribution in [-0.2, 0) is 20.2 Å². The Kier molecular flexibility index (Phi) is 29.0. The number of nitrogens with zero attached hydrogens (tertiary/aromatic N) is 1. The highest BCUT2D eigenvalue weighted by atomic mass is 31.2. The van der Waals surface area contributed by atoms with Gasteiger partial charge >= 0.3 is 0 Å². The van der Waals surface area contributed by atoms with Crippen LogP contribution in [0.5, 0.6) is 0 Å². The third kappa shape index (κ3) is 28.1. The molecule has 0 spiro atoms. The summed E-state index contributed by atoms with van der Waals surface area (Å²) in [6.07, 6.45) is 25.6.